The highest BCUT2D eigenvalue weighted by molar-refractivity contribution is 9.10. The maximum Gasteiger partial charge on any atom is 0.142 e. The smallest absolute Gasteiger partial charge is 0.142 e. The Morgan fingerprint density at radius 3 is 2.79 bits per heavy atom. The normalized spacial score (nSPS) is 10.6. The van der Waals surface area contributed by atoms with Crippen molar-refractivity contribution >= 4 is 33.2 Å². The first kappa shape index (κ1) is 14.2. The molecule has 0 fully saturated rings. The van der Waals surface area contributed by atoms with Gasteiger partial charge in [-0.15, -0.1) is 0 Å². The summed E-state index contributed by atoms with van der Waals surface area (Å²) in [4.78, 5) is 0. The van der Waals surface area contributed by atoms with Gasteiger partial charge >= 0.3 is 0 Å². The molecule has 1 aromatic carbocycles. The first-order chi connectivity index (χ1) is 9.02. The van der Waals surface area contributed by atoms with Crippen molar-refractivity contribution in [2.75, 3.05) is 12.4 Å². The van der Waals surface area contributed by atoms with E-state index in [1.54, 1.807) is 13.2 Å². The molecule has 2 rings (SSSR count). The number of methoxy groups -OCH3 is 1. The Kier molecular flexibility index (Phi) is 4.37. The Morgan fingerprint density at radius 1 is 1.47 bits per heavy atom. The molecule has 2 aromatic rings. The Balaban J connectivity index is 2.21. The van der Waals surface area contributed by atoms with Crippen LogP contribution in [-0.4, -0.2) is 16.9 Å². The summed E-state index contributed by atoms with van der Waals surface area (Å²) in [6, 6.07) is 5.49. The summed E-state index contributed by atoms with van der Waals surface area (Å²) in [7, 11) is 3.56. The van der Waals surface area contributed by atoms with Gasteiger partial charge in [0.15, 0.2) is 0 Å². The zero-order valence-electron chi connectivity index (χ0n) is 11.0. The maximum absolute atomic E-state index is 6.00. The third-order valence-electron chi connectivity index (χ3n) is 2.87. The number of nitrogens with zero attached hydrogens (tertiary/aromatic N) is 2. The molecule has 19 heavy (non-hydrogen) atoms. The number of aromatic nitrogens is 2. The van der Waals surface area contributed by atoms with E-state index < -0.39 is 0 Å². The molecule has 0 radical (unpaired) electrons. The summed E-state index contributed by atoms with van der Waals surface area (Å²) in [5.41, 5.74) is 2.90. The van der Waals surface area contributed by atoms with Crippen LogP contribution in [0, 0.1) is 6.92 Å². The zero-order valence-corrected chi connectivity index (χ0v) is 13.3. The van der Waals surface area contributed by atoms with Crippen molar-refractivity contribution in [1.29, 1.82) is 0 Å². The second-order valence-electron chi connectivity index (χ2n) is 4.17. The molecule has 102 valence electrons. The minimum atomic E-state index is 0.634. The molecule has 6 heteroatoms. The molecule has 0 amide bonds. The fourth-order valence-corrected chi connectivity index (χ4v) is 2.52. The van der Waals surface area contributed by atoms with Crippen LogP contribution in [0.3, 0.4) is 0 Å². The predicted molar refractivity (Wildman–Crippen MR) is 81.0 cm³/mol. The number of benzene rings is 1. The zero-order chi connectivity index (χ0) is 14.0. The molecule has 4 nitrogen and oxygen atoms in total. The van der Waals surface area contributed by atoms with E-state index in [-0.39, 0.29) is 0 Å². The van der Waals surface area contributed by atoms with Crippen LogP contribution in [-0.2, 0) is 13.6 Å². The number of nitrogens with one attached hydrogen (secondary N) is 1. The number of hydrogen-bond donors (Lipinski definition) is 1. The van der Waals surface area contributed by atoms with Gasteiger partial charge < -0.3 is 10.1 Å². The fraction of sp³-hybridized carbons (Fsp3) is 0.308. The Morgan fingerprint density at radius 2 is 2.21 bits per heavy atom. The van der Waals surface area contributed by atoms with Gasteiger partial charge in [0.05, 0.1) is 35.2 Å². The van der Waals surface area contributed by atoms with Gasteiger partial charge in [-0.25, -0.2) is 0 Å². The van der Waals surface area contributed by atoms with Gasteiger partial charge in [-0.3, -0.25) is 4.68 Å². The van der Waals surface area contributed by atoms with Gasteiger partial charge in [0.1, 0.15) is 5.75 Å². The lowest BCUT2D eigenvalue weighted by Crippen LogP contribution is -2.06. The van der Waals surface area contributed by atoms with Crippen molar-refractivity contribution in [3.8, 4) is 5.75 Å². The van der Waals surface area contributed by atoms with Crippen LogP contribution in [0.4, 0.5) is 5.69 Å². The van der Waals surface area contributed by atoms with Gasteiger partial charge in [0, 0.05) is 12.1 Å². The number of halogens is 2. The van der Waals surface area contributed by atoms with Gasteiger partial charge in [-0.1, -0.05) is 11.6 Å². The maximum atomic E-state index is 6.00. The Hall–Kier alpha value is -1.20. The van der Waals surface area contributed by atoms with E-state index in [9.17, 15) is 0 Å². The topological polar surface area (TPSA) is 39.1 Å². The average Bonchev–Trinajstić information content (AvgIpc) is 2.61. The van der Waals surface area contributed by atoms with Crippen molar-refractivity contribution in [2.45, 2.75) is 13.5 Å². The molecule has 0 aliphatic heterocycles. The summed E-state index contributed by atoms with van der Waals surface area (Å²) in [6.07, 6.45) is 0. The molecule has 1 N–H and O–H groups in total. The summed E-state index contributed by atoms with van der Waals surface area (Å²) >= 11 is 9.54. The van der Waals surface area contributed by atoms with Crippen LogP contribution in [0.2, 0.25) is 5.02 Å². The Labute approximate surface area is 125 Å². The van der Waals surface area contributed by atoms with Crippen LogP contribution < -0.4 is 10.1 Å². The molecule has 0 saturated heterocycles. The van der Waals surface area contributed by atoms with Crippen molar-refractivity contribution in [1.82, 2.24) is 9.78 Å². The fourth-order valence-electron chi connectivity index (χ4n) is 1.87. The average molecular weight is 345 g/mol. The molecule has 0 aliphatic carbocycles. The number of anilines is 1. The monoisotopic (exact) mass is 343 g/mol. The second-order valence-corrected chi connectivity index (χ2v) is 5.40. The molecule has 1 aromatic heterocycles. The molecule has 0 bridgehead atoms. The third kappa shape index (κ3) is 3.04. The van der Waals surface area contributed by atoms with Crippen LogP contribution in [0.5, 0.6) is 5.75 Å². The largest absolute Gasteiger partial charge is 0.495 e. The number of aryl methyl sites for hydroxylation is 2. The number of ether oxygens (including phenoxy) is 1. The van der Waals surface area contributed by atoms with E-state index in [1.165, 1.54) is 0 Å². The molecular formula is C13H15BrClN3O. The van der Waals surface area contributed by atoms with Gasteiger partial charge in [-0.2, -0.15) is 5.10 Å². The molecule has 0 unspecified atom stereocenters. The van der Waals surface area contributed by atoms with Crippen LogP contribution in [0.1, 0.15) is 11.4 Å². The molecular weight excluding hydrogens is 330 g/mol. The first-order valence-corrected chi connectivity index (χ1v) is 6.95. The second kappa shape index (κ2) is 5.84. The summed E-state index contributed by atoms with van der Waals surface area (Å²) in [6.45, 7) is 2.60. The van der Waals surface area contributed by atoms with Gasteiger partial charge in [-0.05, 0) is 41.1 Å². The lowest BCUT2D eigenvalue weighted by molar-refractivity contribution is 0.416. The van der Waals surface area contributed by atoms with E-state index in [0.29, 0.717) is 11.6 Å². The first-order valence-electron chi connectivity index (χ1n) is 5.78. The Bertz CT molecular complexity index is 598. The highest BCUT2D eigenvalue weighted by Gasteiger charge is 2.11. The van der Waals surface area contributed by atoms with Crippen LogP contribution in [0.15, 0.2) is 22.7 Å². The number of hydrogen-bond acceptors (Lipinski definition) is 3. The van der Waals surface area contributed by atoms with E-state index in [1.807, 2.05) is 30.8 Å². The molecule has 1 heterocycles. The minimum absolute atomic E-state index is 0.634. The summed E-state index contributed by atoms with van der Waals surface area (Å²) < 4.78 is 8.17. The SMILES string of the molecule is COc1ccc(Cl)cc1NCc1c(Br)c(C)nn1C. The highest BCUT2D eigenvalue weighted by atomic mass is 79.9. The summed E-state index contributed by atoms with van der Waals surface area (Å²) in [5, 5.41) is 8.34. The number of rotatable bonds is 4. The summed E-state index contributed by atoms with van der Waals surface area (Å²) in [5.74, 6) is 0.763. The third-order valence-corrected chi connectivity index (χ3v) is 4.14. The lowest BCUT2D eigenvalue weighted by Gasteiger charge is -2.12. The quantitative estimate of drug-likeness (QED) is 0.918. The lowest BCUT2D eigenvalue weighted by atomic mass is 10.2. The van der Waals surface area contributed by atoms with Gasteiger partial charge in [0.25, 0.3) is 0 Å². The van der Waals surface area contributed by atoms with E-state index in [2.05, 4.69) is 26.3 Å². The standard InChI is InChI=1S/C13H15BrClN3O/c1-8-13(14)11(18(2)17-8)7-16-10-6-9(15)4-5-12(10)19-3/h4-6,16H,7H2,1-3H3. The van der Waals surface area contributed by atoms with E-state index >= 15 is 0 Å². The van der Waals surface area contributed by atoms with E-state index in [0.717, 1.165) is 27.3 Å². The highest BCUT2D eigenvalue weighted by Crippen LogP contribution is 2.29. The van der Waals surface area contributed by atoms with Gasteiger partial charge in [0.2, 0.25) is 0 Å². The molecule has 0 spiro atoms. The minimum Gasteiger partial charge on any atom is -0.495 e. The van der Waals surface area contributed by atoms with Crippen molar-refractivity contribution in [3.63, 3.8) is 0 Å². The van der Waals surface area contributed by atoms with Crippen LogP contribution in [0.25, 0.3) is 0 Å². The van der Waals surface area contributed by atoms with Crippen molar-refractivity contribution < 1.29 is 4.74 Å². The van der Waals surface area contributed by atoms with Crippen LogP contribution >= 0.6 is 27.5 Å². The molecule has 0 aliphatic rings. The van der Waals surface area contributed by atoms with Crippen molar-refractivity contribution in [2.24, 2.45) is 7.05 Å². The molecule has 0 atom stereocenters. The predicted octanol–water partition coefficient (Wildman–Crippen LogP) is 3.77. The molecule has 0 saturated carbocycles. The van der Waals surface area contributed by atoms with Crippen molar-refractivity contribution in [3.05, 3.63) is 39.1 Å². The van der Waals surface area contributed by atoms with E-state index in [4.69, 9.17) is 16.3 Å².